The molecule has 110 valence electrons. The van der Waals surface area contributed by atoms with Crippen molar-refractivity contribution in [1.82, 2.24) is 10.2 Å². The lowest BCUT2D eigenvalue weighted by Crippen LogP contribution is -2.45. The van der Waals surface area contributed by atoms with Gasteiger partial charge in [0.1, 0.15) is 0 Å². The van der Waals surface area contributed by atoms with Crippen LogP contribution in [0.3, 0.4) is 0 Å². The Bertz CT molecular complexity index is 297. The number of hydrogen-bond acceptors (Lipinski definition) is 2. The molecular weight excluding hydrogens is 232 g/mol. The minimum Gasteiger partial charge on any atom is -0.315 e. The quantitative estimate of drug-likeness (QED) is 0.865. The van der Waals surface area contributed by atoms with Gasteiger partial charge in [-0.05, 0) is 39.0 Å². The summed E-state index contributed by atoms with van der Waals surface area (Å²) in [6.07, 6.45) is 2.58. The highest BCUT2D eigenvalue weighted by atomic mass is 15.2. The number of likely N-dealkylation sites (N-methyl/N-ethyl adjacent to an activating group) is 2. The zero-order valence-electron chi connectivity index (χ0n) is 13.6. The number of hydrogen-bond donors (Lipinski definition) is 1. The second-order valence-electron chi connectivity index (χ2n) is 4.37. The highest BCUT2D eigenvalue weighted by Gasteiger charge is 2.28. The van der Waals surface area contributed by atoms with Crippen molar-refractivity contribution in [2.24, 2.45) is 0 Å². The molecule has 0 aliphatic carbocycles. The molecule has 1 aliphatic heterocycles. The van der Waals surface area contributed by atoms with E-state index < -0.39 is 0 Å². The first-order valence-corrected chi connectivity index (χ1v) is 7.75. The lowest BCUT2D eigenvalue weighted by Gasteiger charge is -2.39. The molecule has 1 aromatic carbocycles. The summed E-state index contributed by atoms with van der Waals surface area (Å²) in [6, 6.07) is 11.9. The fourth-order valence-electron chi connectivity index (χ4n) is 2.60. The molecule has 0 saturated carbocycles. The summed E-state index contributed by atoms with van der Waals surface area (Å²) in [4.78, 5) is 2.46. The Hall–Kier alpha value is -0.860. The Morgan fingerprint density at radius 1 is 1.05 bits per heavy atom. The number of piperidine rings is 1. The Labute approximate surface area is 120 Å². The second kappa shape index (κ2) is 11.0. The molecule has 0 aromatic heterocycles. The Morgan fingerprint density at radius 3 is 2.16 bits per heavy atom. The first-order valence-electron chi connectivity index (χ1n) is 7.75. The van der Waals surface area contributed by atoms with Gasteiger partial charge >= 0.3 is 0 Å². The van der Waals surface area contributed by atoms with Gasteiger partial charge < -0.3 is 5.32 Å². The summed E-state index contributed by atoms with van der Waals surface area (Å²) in [5.74, 6) is 0. The van der Waals surface area contributed by atoms with Crippen LogP contribution < -0.4 is 5.32 Å². The molecule has 1 heterocycles. The van der Waals surface area contributed by atoms with E-state index in [-0.39, 0.29) is 0 Å². The van der Waals surface area contributed by atoms with Crippen LogP contribution in [0.2, 0.25) is 0 Å². The smallest absolute Gasteiger partial charge is 0.0498 e. The van der Waals surface area contributed by atoms with Crippen LogP contribution in [0.4, 0.5) is 0 Å². The van der Waals surface area contributed by atoms with Gasteiger partial charge in [0.25, 0.3) is 0 Å². The van der Waals surface area contributed by atoms with E-state index in [1.165, 1.54) is 24.9 Å². The predicted octanol–water partition coefficient (Wildman–Crippen LogP) is 4.09. The van der Waals surface area contributed by atoms with E-state index in [9.17, 15) is 0 Å². The molecule has 1 fully saturated rings. The van der Waals surface area contributed by atoms with Crippen molar-refractivity contribution in [3.8, 4) is 0 Å². The highest BCUT2D eigenvalue weighted by molar-refractivity contribution is 5.21. The molecule has 0 amide bonds. The summed E-state index contributed by atoms with van der Waals surface area (Å²) in [5, 5.41) is 3.44. The number of nitrogens with one attached hydrogen (secondary N) is 1. The van der Waals surface area contributed by atoms with Crippen molar-refractivity contribution in [3.63, 3.8) is 0 Å². The van der Waals surface area contributed by atoms with Gasteiger partial charge in [0.15, 0.2) is 0 Å². The van der Waals surface area contributed by atoms with E-state index in [0.29, 0.717) is 12.1 Å². The highest BCUT2D eigenvalue weighted by Crippen LogP contribution is 2.29. The van der Waals surface area contributed by atoms with Crippen LogP contribution in [0.25, 0.3) is 0 Å². The van der Waals surface area contributed by atoms with Crippen LogP contribution in [0, 0.1) is 0 Å². The van der Waals surface area contributed by atoms with E-state index in [1.54, 1.807) is 0 Å². The predicted molar refractivity (Wildman–Crippen MR) is 86.6 cm³/mol. The Kier molecular flexibility index (Phi) is 10.5. The number of rotatable bonds is 2. The molecular formula is C17H32N2. The minimum absolute atomic E-state index is 0.532. The third-order valence-electron chi connectivity index (χ3n) is 3.39. The van der Waals surface area contributed by atoms with Crippen molar-refractivity contribution in [2.45, 2.75) is 52.6 Å². The van der Waals surface area contributed by atoms with Crippen molar-refractivity contribution in [3.05, 3.63) is 35.9 Å². The number of benzene rings is 1. The molecule has 1 saturated heterocycles. The van der Waals surface area contributed by atoms with Crippen molar-refractivity contribution in [2.75, 3.05) is 20.6 Å². The zero-order chi connectivity index (χ0) is 14.7. The summed E-state index contributed by atoms with van der Waals surface area (Å²) >= 11 is 0. The molecule has 2 rings (SSSR count). The molecule has 1 N–H and O–H groups in total. The molecule has 2 heteroatoms. The molecule has 2 unspecified atom stereocenters. The SMILES string of the molecule is CC.CC.CNC1CCCN(C)C1c1ccccc1. The molecule has 2 nitrogen and oxygen atoms in total. The topological polar surface area (TPSA) is 15.3 Å². The van der Waals surface area contributed by atoms with E-state index in [2.05, 4.69) is 54.6 Å². The zero-order valence-corrected chi connectivity index (χ0v) is 13.6. The number of likely N-dealkylation sites (tertiary alicyclic amines) is 1. The minimum atomic E-state index is 0.532. The van der Waals surface area contributed by atoms with E-state index in [4.69, 9.17) is 0 Å². The van der Waals surface area contributed by atoms with Gasteiger partial charge in [-0.15, -0.1) is 0 Å². The van der Waals surface area contributed by atoms with Gasteiger partial charge in [0.05, 0.1) is 0 Å². The van der Waals surface area contributed by atoms with Crippen LogP contribution in [-0.4, -0.2) is 31.6 Å². The lowest BCUT2D eigenvalue weighted by atomic mass is 9.91. The van der Waals surface area contributed by atoms with Crippen molar-refractivity contribution in [1.29, 1.82) is 0 Å². The molecule has 2 atom stereocenters. The molecule has 0 radical (unpaired) electrons. The Balaban J connectivity index is 0.000000741. The average Bonchev–Trinajstić information content (AvgIpc) is 2.52. The van der Waals surface area contributed by atoms with Crippen molar-refractivity contribution >= 4 is 0 Å². The number of nitrogens with zero attached hydrogens (tertiary/aromatic N) is 1. The van der Waals surface area contributed by atoms with E-state index in [0.717, 1.165) is 0 Å². The van der Waals surface area contributed by atoms with Crippen LogP contribution in [0.5, 0.6) is 0 Å². The van der Waals surface area contributed by atoms with Crippen molar-refractivity contribution < 1.29 is 0 Å². The fourth-order valence-corrected chi connectivity index (χ4v) is 2.60. The average molecular weight is 264 g/mol. The molecule has 0 spiro atoms. The lowest BCUT2D eigenvalue weighted by molar-refractivity contribution is 0.147. The van der Waals surface area contributed by atoms with Gasteiger partial charge in [-0.25, -0.2) is 0 Å². The summed E-state index contributed by atoms with van der Waals surface area (Å²) in [6.45, 7) is 9.21. The standard InChI is InChI=1S/C13H20N2.2C2H6/c1-14-12-9-6-10-15(2)13(12)11-7-4-3-5-8-11;2*1-2/h3-5,7-8,12-14H,6,9-10H2,1-2H3;2*1-2H3. The van der Waals surface area contributed by atoms with E-state index in [1.807, 2.05) is 27.7 Å². The van der Waals surface area contributed by atoms with Gasteiger partial charge in [0.2, 0.25) is 0 Å². The maximum atomic E-state index is 3.44. The van der Waals surface area contributed by atoms with Gasteiger partial charge in [0, 0.05) is 12.1 Å². The fraction of sp³-hybridized carbons (Fsp3) is 0.647. The maximum Gasteiger partial charge on any atom is 0.0498 e. The molecule has 0 bridgehead atoms. The van der Waals surface area contributed by atoms with E-state index >= 15 is 0 Å². The van der Waals surface area contributed by atoms with Crippen LogP contribution in [0.15, 0.2) is 30.3 Å². The second-order valence-corrected chi connectivity index (χ2v) is 4.37. The maximum absolute atomic E-state index is 3.44. The monoisotopic (exact) mass is 264 g/mol. The molecule has 1 aliphatic rings. The summed E-state index contributed by atoms with van der Waals surface area (Å²) in [7, 11) is 4.29. The first kappa shape index (κ1) is 18.1. The normalized spacial score (nSPS) is 22.6. The Morgan fingerprint density at radius 2 is 1.63 bits per heavy atom. The third kappa shape index (κ3) is 5.33. The van der Waals surface area contributed by atoms with Gasteiger partial charge in [-0.2, -0.15) is 0 Å². The molecule has 19 heavy (non-hydrogen) atoms. The van der Waals surface area contributed by atoms with Crippen LogP contribution in [0.1, 0.15) is 52.1 Å². The van der Waals surface area contributed by atoms with Crippen LogP contribution in [-0.2, 0) is 0 Å². The third-order valence-corrected chi connectivity index (χ3v) is 3.39. The first-order chi connectivity index (χ1) is 9.33. The largest absolute Gasteiger partial charge is 0.315 e. The van der Waals surface area contributed by atoms with Crippen LogP contribution >= 0.6 is 0 Å². The summed E-state index contributed by atoms with van der Waals surface area (Å²) in [5.41, 5.74) is 1.43. The summed E-state index contributed by atoms with van der Waals surface area (Å²) < 4.78 is 0. The van der Waals surface area contributed by atoms with Gasteiger partial charge in [-0.3, -0.25) is 4.90 Å². The van der Waals surface area contributed by atoms with Gasteiger partial charge in [-0.1, -0.05) is 58.0 Å². The molecule has 1 aromatic rings.